The minimum atomic E-state index is -1.07. The number of anilines is 1. The molecule has 2 aliphatic rings. The summed E-state index contributed by atoms with van der Waals surface area (Å²) in [5.74, 6) is -0.965. The highest BCUT2D eigenvalue weighted by Crippen LogP contribution is 2.43. The van der Waals surface area contributed by atoms with Crippen LogP contribution < -0.4 is 20.1 Å². The van der Waals surface area contributed by atoms with Gasteiger partial charge in [-0.1, -0.05) is 163 Å². The molecule has 2 aliphatic heterocycles. The maximum Gasteiger partial charge on any atom is 0.356 e. The van der Waals surface area contributed by atoms with Crippen molar-refractivity contribution in [3.8, 4) is 11.5 Å². The fraction of sp³-hybridized carbons (Fsp3) is 0.250. The Labute approximate surface area is 471 Å². The molecule has 1 unspecified atom stereocenters. The van der Waals surface area contributed by atoms with Crippen molar-refractivity contribution in [2.45, 2.75) is 29.7 Å². The van der Waals surface area contributed by atoms with Crippen LogP contribution in [0.3, 0.4) is 0 Å². The third-order valence-electron chi connectivity index (χ3n) is 12.8. The van der Waals surface area contributed by atoms with Gasteiger partial charge in [-0.2, -0.15) is 0 Å². The first-order valence-corrected chi connectivity index (χ1v) is 27.8. The molecule has 0 radical (unpaired) electrons. The van der Waals surface area contributed by atoms with Gasteiger partial charge in [0.05, 0.1) is 26.4 Å². The summed E-state index contributed by atoms with van der Waals surface area (Å²) in [6, 6.07) is 53.0. The summed E-state index contributed by atoms with van der Waals surface area (Å²) in [6.07, 6.45) is -0.773. The smallest absolute Gasteiger partial charge is 0.356 e. The summed E-state index contributed by atoms with van der Waals surface area (Å²) < 4.78 is 39.3. The molecule has 1 saturated heterocycles. The zero-order valence-corrected chi connectivity index (χ0v) is 45.8. The largest absolute Gasteiger partial charge is 0.464 e. The van der Waals surface area contributed by atoms with Gasteiger partial charge in [0.15, 0.2) is 42.0 Å². The van der Waals surface area contributed by atoms with Crippen molar-refractivity contribution in [1.29, 1.82) is 0 Å². The van der Waals surface area contributed by atoms with Crippen LogP contribution in [0.5, 0.6) is 11.5 Å². The number of aromatic nitrogens is 1. The van der Waals surface area contributed by atoms with E-state index in [4.69, 9.17) is 54.6 Å². The van der Waals surface area contributed by atoms with Gasteiger partial charge in [0.25, 0.3) is 11.8 Å². The molecule has 7 aromatic rings. The van der Waals surface area contributed by atoms with E-state index in [1.807, 2.05) is 115 Å². The number of hydrogen-bond donors (Lipinski definition) is 2. The lowest BCUT2D eigenvalue weighted by atomic mass is 9.77. The molecular weight excluding hydrogens is 1070 g/mol. The first-order chi connectivity index (χ1) is 38.8. The molecular formula is C60H58ClN5O11S2. The molecule has 408 valence electrons. The van der Waals surface area contributed by atoms with Gasteiger partial charge in [-0.25, -0.2) is 9.78 Å². The van der Waals surface area contributed by atoms with Gasteiger partial charge < -0.3 is 48.6 Å². The summed E-state index contributed by atoms with van der Waals surface area (Å²) in [4.78, 5) is 56.1. The van der Waals surface area contributed by atoms with E-state index in [0.717, 1.165) is 27.8 Å². The Morgan fingerprint density at radius 3 is 1.82 bits per heavy atom. The van der Waals surface area contributed by atoms with E-state index in [9.17, 15) is 14.4 Å². The van der Waals surface area contributed by atoms with E-state index in [1.54, 1.807) is 37.8 Å². The van der Waals surface area contributed by atoms with E-state index < -0.39 is 40.8 Å². The molecule has 0 bridgehead atoms. The number of esters is 1. The van der Waals surface area contributed by atoms with Crippen molar-refractivity contribution in [1.82, 2.24) is 15.2 Å². The number of β-lactam (4-membered cyclic amide) rings is 1. The summed E-state index contributed by atoms with van der Waals surface area (Å²) >= 11 is 9.12. The highest BCUT2D eigenvalue weighted by molar-refractivity contribution is 8.00. The Kier molecular flexibility index (Phi) is 19.8. The van der Waals surface area contributed by atoms with Crippen molar-refractivity contribution in [2.24, 2.45) is 5.16 Å². The molecule has 6 aromatic carbocycles. The van der Waals surface area contributed by atoms with Crippen molar-refractivity contribution >= 4 is 63.3 Å². The van der Waals surface area contributed by atoms with Gasteiger partial charge in [0.1, 0.15) is 35.0 Å². The molecule has 3 heterocycles. The fourth-order valence-corrected chi connectivity index (χ4v) is 11.4. The van der Waals surface area contributed by atoms with Crippen molar-refractivity contribution in [3.05, 3.63) is 226 Å². The number of nitrogens with zero attached hydrogens (tertiary/aromatic N) is 3. The molecule has 0 spiro atoms. The number of thioether (sulfide) groups is 1. The Hall–Kier alpha value is -7.55. The van der Waals surface area contributed by atoms with Crippen LogP contribution in [0.4, 0.5) is 5.13 Å². The third-order valence-corrected chi connectivity index (χ3v) is 15.3. The highest BCUT2D eigenvalue weighted by atomic mass is 35.5. The van der Waals surface area contributed by atoms with Crippen LogP contribution in [0.2, 0.25) is 0 Å². The van der Waals surface area contributed by atoms with Crippen LogP contribution in [-0.4, -0.2) is 111 Å². The Morgan fingerprint density at radius 2 is 1.28 bits per heavy atom. The number of carbonyl (C=O) groups is 3. The van der Waals surface area contributed by atoms with Gasteiger partial charge in [0.2, 0.25) is 0 Å². The summed E-state index contributed by atoms with van der Waals surface area (Å²) in [5.41, 5.74) is 4.55. The second-order valence-corrected chi connectivity index (χ2v) is 20.1. The van der Waals surface area contributed by atoms with Crippen LogP contribution in [0.1, 0.15) is 45.2 Å². The van der Waals surface area contributed by atoms with Crippen molar-refractivity contribution < 1.29 is 52.4 Å². The van der Waals surface area contributed by atoms with E-state index in [0.29, 0.717) is 59.9 Å². The third kappa shape index (κ3) is 13.5. The Bertz CT molecular complexity index is 3040. The van der Waals surface area contributed by atoms with E-state index in [1.165, 1.54) is 28.0 Å². The lowest BCUT2D eigenvalue weighted by Crippen LogP contribution is -2.71. The number of oxime groups is 1. The van der Waals surface area contributed by atoms with Crippen molar-refractivity contribution in [2.75, 3.05) is 71.2 Å². The molecule has 16 nitrogen and oxygen atoms in total. The molecule has 1 fully saturated rings. The van der Waals surface area contributed by atoms with E-state index >= 15 is 0 Å². The minimum absolute atomic E-state index is 0.0183. The molecule has 9 rings (SSSR count). The maximum atomic E-state index is 14.9. The fourth-order valence-electron chi connectivity index (χ4n) is 8.98. The van der Waals surface area contributed by atoms with Crippen LogP contribution in [0.25, 0.3) is 0 Å². The van der Waals surface area contributed by atoms with Crippen LogP contribution >= 0.6 is 34.7 Å². The number of carbonyl (C=O) groups excluding carboxylic acids is 3. The summed E-state index contributed by atoms with van der Waals surface area (Å²) in [7, 11) is 3.16. The van der Waals surface area contributed by atoms with Crippen molar-refractivity contribution in [3.63, 3.8) is 0 Å². The molecule has 0 saturated carbocycles. The molecule has 2 amide bonds. The predicted octanol–water partition coefficient (Wildman–Crippen LogP) is 9.69. The monoisotopic (exact) mass is 1120 g/mol. The number of alkyl halides is 1. The van der Waals surface area contributed by atoms with Crippen LogP contribution in [-0.2, 0) is 55.1 Å². The van der Waals surface area contributed by atoms with Gasteiger partial charge in [-0.05, 0) is 51.1 Å². The lowest BCUT2D eigenvalue weighted by Gasteiger charge is -2.49. The molecule has 79 heavy (non-hydrogen) atoms. The number of methoxy groups -OCH3 is 2. The number of nitrogens with one attached hydrogen (secondary N) is 2. The number of halogens is 1. The molecule has 19 heteroatoms. The maximum absolute atomic E-state index is 14.9. The molecule has 2 atom stereocenters. The average Bonchev–Trinajstić information content (AvgIpc) is 4.06. The SMILES string of the molecule is COCCOCOc1ccc(CON=C(C(=O)NC2C(=O)N3C(C(=O)OC(c4ccccc4)c4ccccc4)=C(CCl)CS[C@H]23)c2csc(NC(c3ccccc3)(c3ccccc3)c3ccccc3)n2)cc1OCOCCOC. The normalized spacial score (nSPS) is 15.3. The first kappa shape index (κ1) is 56.2. The van der Waals surface area contributed by atoms with E-state index in [-0.39, 0.29) is 43.2 Å². The Balaban J connectivity index is 1.01. The summed E-state index contributed by atoms with van der Waals surface area (Å²) in [6.45, 7) is 1.13. The second-order valence-electron chi connectivity index (χ2n) is 17.9. The number of hydrogen-bond acceptors (Lipinski definition) is 16. The standard InChI is InChI=1S/C60H58ClN5O11S2/c1-70-30-32-72-39-74-49-29-28-41(34-50(49)75-40-73-33-31-71-2)36-76-65-51(48-38-79-59(62-48)64-60(45-22-12-5-13-23-45,46-24-14-6-15-25-46)47-26-16-7-17-27-47)55(67)63-52-56(68)66-53(44(35-61)37-78-57(52)66)58(69)77-54(42-18-8-3-9-19-42)43-20-10-4-11-21-43/h3-29,34,38,52,54,57H,30-33,35-37,39-40H2,1-2H3,(H,62,64)(H,63,67)/t52?,57-/m1/s1. The second kappa shape index (κ2) is 27.9. The van der Waals surface area contributed by atoms with Crippen LogP contribution in [0, 0.1) is 0 Å². The van der Waals surface area contributed by atoms with E-state index in [2.05, 4.69) is 52.2 Å². The number of rotatable bonds is 28. The zero-order chi connectivity index (χ0) is 54.8. The predicted molar refractivity (Wildman–Crippen MR) is 303 cm³/mol. The van der Waals surface area contributed by atoms with Gasteiger partial charge in [-0.15, -0.1) is 34.7 Å². The number of amides is 2. The number of fused-ring (bicyclic) bond motifs is 1. The molecule has 0 aliphatic carbocycles. The molecule has 2 N–H and O–H groups in total. The number of benzene rings is 6. The quantitative estimate of drug-likeness (QED) is 0.00693. The lowest BCUT2D eigenvalue weighted by molar-refractivity contribution is -0.154. The van der Waals surface area contributed by atoms with Gasteiger partial charge in [0, 0.05) is 31.2 Å². The highest BCUT2D eigenvalue weighted by Gasteiger charge is 2.55. The molecule has 1 aromatic heterocycles. The topological polar surface area (TPSA) is 178 Å². The number of ether oxygens (including phenoxy) is 7. The van der Waals surface area contributed by atoms with Gasteiger partial charge >= 0.3 is 5.97 Å². The Morgan fingerprint density at radius 1 is 0.734 bits per heavy atom. The zero-order valence-electron chi connectivity index (χ0n) is 43.4. The van der Waals surface area contributed by atoms with Crippen LogP contribution in [0.15, 0.2) is 192 Å². The average molecular weight is 1120 g/mol. The number of thiazole rings is 1. The minimum Gasteiger partial charge on any atom is -0.464 e. The summed E-state index contributed by atoms with van der Waals surface area (Å²) in [5, 5.41) is 12.6. The first-order valence-electron chi connectivity index (χ1n) is 25.3. The van der Waals surface area contributed by atoms with Gasteiger partial charge in [-0.3, -0.25) is 14.5 Å².